The third-order valence-electron chi connectivity index (χ3n) is 4.00. The monoisotopic (exact) mass is 428 g/mol. The second kappa shape index (κ2) is 8.34. The van der Waals surface area contributed by atoms with Crippen LogP contribution in [-0.2, 0) is 17.3 Å². The highest BCUT2D eigenvalue weighted by Gasteiger charge is 2.38. The van der Waals surface area contributed by atoms with E-state index in [4.69, 9.17) is 0 Å². The number of anilines is 1. The van der Waals surface area contributed by atoms with Crippen LogP contribution in [0.4, 0.5) is 23.2 Å². The average Bonchev–Trinajstić information content (AvgIpc) is 3.18. The van der Waals surface area contributed by atoms with Crippen LogP contribution in [0.1, 0.15) is 18.4 Å². The molecule has 0 saturated carbocycles. The Labute approximate surface area is 163 Å². The number of hydrogen-bond donors (Lipinski definition) is 2. The van der Waals surface area contributed by atoms with Gasteiger partial charge in [0.05, 0.1) is 0 Å². The maximum atomic E-state index is 13.3. The number of benzene rings is 2. The van der Waals surface area contributed by atoms with Crippen molar-refractivity contribution in [3.8, 4) is 11.4 Å². The fourth-order valence-corrected chi connectivity index (χ4v) is 3.90. The molecule has 2 N–H and O–H groups in total. The summed E-state index contributed by atoms with van der Waals surface area (Å²) in [5.74, 6) is -2.03. The van der Waals surface area contributed by atoms with Gasteiger partial charge in [-0.1, -0.05) is 42.4 Å². The topological polar surface area (TPSA) is 80.1 Å². The summed E-state index contributed by atoms with van der Waals surface area (Å²) in [6.45, 7) is 1.96. The second-order valence-electron chi connectivity index (χ2n) is 6.13. The maximum Gasteiger partial charge on any atom is 0.471 e. The van der Waals surface area contributed by atoms with Crippen LogP contribution in [0.25, 0.3) is 11.4 Å². The van der Waals surface area contributed by atoms with E-state index in [2.05, 4.69) is 24.8 Å². The smallest absolute Gasteiger partial charge is 0.329 e. The third-order valence-corrected chi connectivity index (χ3v) is 6.18. The summed E-state index contributed by atoms with van der Waals surface area (Å²) in [4.78, 5) is 3.33. The quantitative estimate of drug-likeness (QED) is 0.392. The van der Waals surface area contributed by atoms with Crippen molar-refractivity contribution in [2.24, 2.45) is 0 Å². The molecule has 154 valence electrons. The fourth-order valence-electron chi connectivity index (χ4n) is 2.44. The van der Waals surface area contributed by atoms with Gasteiger partial charge in [0, 0.05) is 24.0 Å². The van der Waals surface area contributed by atoms with Gasteiger partial charge in [-0.2, -0.15) is 18.2 Å². The van der Waals surface area contributed by atoms with E-state index in [1.54, 1.807) is 37.3 Å². The molecule has 0 aliphatic heterocycles. The summed E-state index contributed by atoms with van der Waals surface area (Å²) < 4.78 is 68.1. The molecule has 0 saturated heterocycles. The fraction of sp³-hybridized carbons (Fsp3) is 0.222. The Morgan fingerprint density at radius 1 is 1.14 bits per heavy atom. The summed E-state index contributed by atoms with van der Waals surface area (Å²) in [6, 6.07) is 12.0. The Morgan fingerprint density at radius 2 is 1.86 bits per heavy atom. The lowest BCUT2D eigenvalue weighted by molar-refractivity contribution is -0.159. The Bertz CT molecular complexity index is 1020. The molecule has 3 aromatic rings. The molecule has 29 heavy (non-hydrogen) atoms. The van der Waals surface area contributed by atoms with Crippen molar-refractivity contribution in [3.05, 3.63) is 65.8 Å². The zero-order valence-electron chi connectivity index (χ0n) is 15.2. The van der Waals surface area contributed by atoms with Crippen LogP contribution in [0.15, 0.2) is 53.1 Å². The highest BCUT2D eigenvalue weighted by molar-refractivity contribution is 7.63. The number of aromatic nitrogens is 2. The molecule has 1 aromatic heterocycles. The summed E-state index contributed by atoms with van der Waals surface area (Å²) in [6.07, 6.45) is -4.42. The van der Waals surface area contributed by atoms with Crippen molar-refractivity contribution >= 4 is 13.1 Å². The summed E-state index contributed by atoms with van der Waals surface area (Å²) in [5, 5.41) is 9.10. The Balaban J connectivity index is 1.66. The van der Waals surface area contributed by atoms with Crippen LogP contribution in [-0.4, -0.2) is 16.3 Å². The van der Waals surface area contributed by atoms with Crippen molar-refractivity contribution in [1.29, 1.82) is 0 Å². The van der Waals surface area contributed by atoms with Gasteiger partial charge in [0.25, 0.3) is 0 Å². The first-order chi connectivity index (χ1) is 13.7. The van der Waals surface area contributed by atoms with Gasteiger partial charge in [-0.15, -0.1) is 0 Å². The molecule has 0 fully saturated rings. The number of hydrogen-bond acceptors (Lipinski definition) is 4. The van der Waals surface area contributed by atoms with E-state index in [1.807, 2.05) is 0 Å². The highest BCUT2D eigenvalue weighted by Crippen LogP contribution is 2.41. The number of alkyl halides is 3. The summed E-state index contributed by atoms with van der Waals surface area (Å²) in [5.41, 5.74) is 1.49. The van der Waals surface area contributed by atoms with E-state index in [1.165, 1.54) is 18.2 Å². The van der Waals surface area contributed by atoms with Crippen LogP contribution < -0.4 is 10.2 Å². The molecule has 0 spiro atoms. The Kier molecular flexibility index (Phi) is 6.04. The minimum Gasteiger partial charge on any atom is -0.329 e. The molecule has 0 aliphatic carbocycles. The molecule has 6 nitrogen and oxygen atoms in total. The SMILES string of the molecule is CCP(=O)(NCc1ccc(-c2noc(C(F)(F)F)n2)cc1)Nc1cccc(F)c1. The van der Waals surface area contributed by atoms with Crippen molar-refractivity contribution in [2.45, 2.75) is 19.6 Å². The number of halogens is 4. The Morgan fingerprint density at radius 3 is 2.45 bits per heavy atom. The molecule has 1 heterocycles. The zero-order chi connectivity index (χ0) is 21.1. The van der Waals surface area contributed by atoms with Crippen molar-refractivity contribution in [1.82, 2.24) is 15.2 Å². The van der Waals surface area contributed by atoms with E-state index in [0.717, 1.165) is 5.56 Å². The second-order valence-corrected chi connectivity index (χ2v) is 8.78. The molecule has 0 radical (unpaired) electrons. The van der Waals surface area contributed by atoms with Crippen molar-refractivity contribution < 1.29 is 26.6 Å². The van der Waals surface area contributed by atoms with Crippen LogP contribution in [0, 0.1) is 5.82 Å². The van der Waals surface area contributed by atoms with Gasteiger partial charge < -0.3 is 9.61 Å². The molecule has 0 aliphatic rings. The lowest BCUT2D eigenvalue weighted by Gasteiger charge is -2.20. The normalized spacial score (nSPS) is 13.8. The largest absolute Gasteiger partial charge is 0.471 e. The number of rotatable bonds is 7. The van der Waals surface area contributed by atoms with Crippen molar-refractivity contribution in [3.63, 3.8) is 0 Å². The molecule has 11 heteroatoms. The van der Waals surface area contributed by atoms with E-state index < -0.39 is 25.3 Å². The lowest BCUT2D eigenvalue weighted by Crippen LogP contribution is -2.17. The molecule has 0 bridgehead atoms. The first-order valence-electron chi connectivity index (χ1n) is 8.57. The maximum absolute atomic E-state index is 13.3. The van der Waals surface area contributed by atoms with Crippen LogP contribution >= 0.6 is 7.44 Å². The molecule has 3 rings (SSSR count). The van der Waals surface area contributed by atoms with E-state index in [9.17, 15) is 22.1 Å². The minimum absolute atomic E-state index is 0.177. The van der Waals surface area contributed by atoms with Gasteiger partial charge in [-0.25, -0.2) is 9.48 Å². The molecule has 2 aromatic carbocycles. The van der Waals surface area contributed by atoms with E-state index >= 15 is 0 Å². The highest BCUT2D eigenvalue weighted by atomic mass is 31.2. The van der Waals surface area contributed by atoms with Crippen LogP contribution in [0.2, 0.25) is 0 Å². The standard InChI is InChI=1S/C18H17F4N4O2P/c1-2-29(27,26-15-5-3-4-14(19)10-15)23-11-12-6-8-13(9-7-12)16-24-17(28-25-16)18(20,21)22/h3-10H,2,11H2,1H3,(H2,23,26,27). The van der Waals surface area contributed by atoms with Gasteiger partial charge in [0.15, 0.2) is 0 Å². The van der Waals surface area contributed by atoms with E-state index in [0.29, 0.717) is 11.3 Å². The Hall–Kier alpha value is -2.71. The molecule has 1 atom stereocenters. The average molecular weight is 428 g/mol. The third kappa shape index (κ3) is 5.42. The van der Waals surface area contributed by atoms with Crippen LogP contribution in [0.3, 0.4) is 0 Å². The number of nitrogens with zero attached hydrogens (tertiary/aromatic N) is 2. The number of nitrogens with one attached hydrogen (secondary N) is 2. The van der Waals surface area contributed by atoms with Gasteiger partial charge >= 0.3 is 12.1 Å². The van der Waals surface area contributed by atoms with Gasteiger partial charge in [-0.05, 0) is 23.8 Å². The summed E-state index contributed by atoms with van der Waals surface area (Å²) >= 11 is 0. The predicted molar refractivity (Wildman–Crippen MR) is 99.7 cm³/mol. The van der Waals surface area contributed by atoms with Gasteiger partial charge in [0.1, 0.15) is 5.82 Å². The first-order valence-corrected chi connectivity index (χ1v) is 10.5. The molecular formula is C18H17F4N4O2P. The molecular weight excluding hydrogens is 411 g/mol. The van der Waals surface area contributed by atoms with Crippen molar-refractivity contribution in [2.75, 3.05) is 11.2 Å². The lowest BCUT2D eigenvalue weighted by atomic mass is 10.1. The molecule has 0 amide bonds. The first kappa shape index (κ1) is 21.0. The van der Waals surface area contributed by atoms with E-state index in [-0.39, 0.29) is 18.5 Å². The summed E-state index contributed by atoms with van der Waals surface area (Å²) in [7, 11) is -3.02. The van der Waals surface area contributed by atoms with Gasteiger partial charge in [-0.3, -0.25) is 4.57 Å². The minimum atomic E-state index is -4.70. The predicted octanol–water partition coefficient (Wildman–Crippen LogP) is 5.31. The molecule has 1 unspecified atom stereocenters. The van der Waals surface area contributed by atoms with Gasteiger partial charge in [0.2, 0.25) is 13.3 Å². The van der Waals surface area contributed by atoms with Crippen LogP contribution in [0.5, 0.6) is 0 Å². The zero-order valence-corrected chi connectivity index (χ0v) is 16.1.